The molecule has 0 amide bonds. The van der Waals surface area contributed by atoms with Crippen molar-refractivity contribution in [1.82, 2.24) is 4.98 Å². The van der Waals surface area contributed by atoms with Crippen molar-refractivity contribution in [3.05, 3.63) is 101 Å². The van der Waals surface area contributed by atoms with Crippen molar-refractivity contribution >= 4 is 34.0 Å². The molecule has 1 aliphatic rings. The Bertz CT molecular complexity index is 1380. The fourth-order valence-electron chi connectivity index (χ4n) is 3.89. The first-order valence-corrected chi connectivity index (χ1v) is 9.35. The van der Waals surface area contributed by atoms with E-state index in [1.165, 1.54) is 36.5 Å². The summed E-state index contributed by atoms with van der Waals surface area (Å²) in [6.45, 7) is 0. The fraction of sp³-hybridized carbons (Fsp3) is 0.0417. The molecule has 0 spiro atoms. The maximum atomic E-state index is 14.7. The van der Waals surface area contributed by atoms with Crippen LogP contribution < -0.4 is 0 Å². The van der Waals surface area contributed by atoms with Crippen LogP contribution in [0.2, 0.25) is 0 Å². The molecule has 0 aliphatic carbocycles. The van der Waals surface area contributed by atoms with E-state index in [1.807, 2.05) is 0 Å². The molecule has 0 fully saturated rings. The van der Waals surface area contributed by atoms with Crippen molar-refractivity contribution in [1.29, 1.82) is 0 Å². The predicted molar refractivity (Wildman–Crippen MR) is 110 cm³/mol. The fourth-order valence-corrected chi connectivity index (χ4v) is 3.89. The Balaban J connectivity index is 1.83. The molecule has 5 rings (SSSR count). The molecule has 4 aromatic rings. The minimum atomic E-state index is -4.49. The summed E-state index contributed by atoms with van der Waals surface area (Å²) in [5.74, 6) is -1.02. The molecule has 1 aliphatic heterocycles. The SMILES string of the molecule is Fc1cccc2c1/C(=C(/c1ccc(C(F)(F)F)cc1)c1c[nH]c3cccc(F)c13)C=N2. The van der Waals surface area contributed by atoms with Crippen molar-refractivity contribution in [2.45, 2.75) is 6.18 Å². The van der Waals surface area contributed by atoms with Crippen LogP contribution in [0.15, 0.2) is 71.9 Å². The van der Waals surface area contributed by atoms with E-state index in [0.717, 1.165) is 12.1 Å². The average molecular weight is 424 g/mol. The molecule has 0 bridgehead atoms. The Morgan fingerprint density at radius 2 is 1.55 bits per heavy atom. The Kier molecular flexibility index (Phi) is 4.28. The topological polar surface area (TPSA) is 28.1 Å². The van der Waals surface area contributed by atoms with Crippen LogP contribution >= 0.6 is 0 Å². The zero-order valence-corrected chi connectivity index (χ0v) is 15.8. The molecular formula is C24H13F5N2. The number of aromatic nitrogens is 1. The van der Waals surface area contributed by atoms with Gasteiger partial charge in [-0.25, -0.2) is 8.78 Å². The first kappa shape index (κ1) is 19.2. The number of aliphatic imine (C=N–C) groups is 1. The van der Waals surface area contributed by atoms with Crippen LogP contribution in [0.1, 0.15) is 22.3 Å². The van der Waals surface area contributed by atoms with Gasteiger partial charge in [-0.05, 0) is 42.0 Å². The lowest BCUT2D eigenvalue weighted by Crippen LogP contribution is -2.05. The zero-order chi connectivity index (χ0) is 21.8. The van der Waals surface area contributed by atoms with Gasteiger partial charge in [-0.2, -0.15) is 13.2 Å². The number of alkyl halides is 3. The molecule has 2 heterocycles. The molecular weight excluding hydrogens is 411 g/mol. The third kappa shape index (κ3) is 3.13. The highest BCUT2D eigenvalue weighted by Gasteiger charge is 2.31. The van der Waals surface area contributed by atoms with Gasteiger partial charge in [-0.15, -0.1) is 0 Å². The molecule has 1 aromatic heterocycles. The van der Waals surface area contributed by atoms with E-state index in [9.17, 15) is 22.0 Å². The number of rotatable bonds is 2. The van der Waals surface area contributed by atoms with E-state index in [-0.39, 0.29) is 10.9 Å². The van der Waals surface area contributed by atoms with Gasteiger partial charge < -0.3 is 4.98 Å². The summed E-state index contributed by atoms with van der Waals surface area (Å²) in [6.07, 6.45) is -1.47. The predicted octanol–water partition coefficient (Wildman–Crippen LogP) is 7.14. The van der Waals surface area contributed by atoms with Gasteiger partial charge in [0.15, 0.2) is 0 Å². The minimum absolute atomic E-state index is 0.225. The van der Waals surface area contributed by atoms with Crippen molar-refractivity contribution < 1.29 is 22.0 Å². The average Bonchev–Trinajstić information content (AvgIpc) is 3.35. The van der Waals surface area contributed by atoms with Crippen LogP contribution in [0.3, 0.4) is 0 Å². The van der Waals surface area contributed by atoms with Crippen molar-refractivity contribution in [2.24, 2.45) is 4.99 Å². The van der Waals surface area contributed by atoms with Gasteiger partial charge >= 0.3 is 6.18 Å². The number of allylic oxidation sites excluding steroid dienone is 1. The quantitative estimate of drug-likeness (QED) is 0.331. The normalized spacial score (nSPS) is 14.9. The van der Waals surface area contributed by atoms with Crippen LogP contribution in [0.5, 0.6) is 0 Å². The minimum Gasteiger partial charge on any atom is -0.360 e. The van der Waals surface area contributed by atoms with E-state index in [4.69, 9.17) is 0 Å². The van der Waals surface area contributed by atoms with Crippen LogP contribution in [0.25, 0.3) is 22.0 Å². The Hall–Kier alpha value is -3.74. The third-order valence-corrected chi connectivity index (χ3v) is 5.29. The van der Waals surface area contributed by atoms with Crippen LogP contribution in [-0.2, 0) is 6.18 Å². The van der Waals surface area contributed by atoms with Gasteiger partial charge in [0.2, 0.25) is 0 Å². The van der Waals surface area contributed by atoms with Crippen molar-refractivity contribution in [3.63, 3.8) is 0 Å². The molecule has 1 N–H and O–H groups in total. The molecule has 7 heteroatoms. The molecule has 0 atom stereocenters. The van der Waals surface area contributed by atoms with Gasteiger partial charge in [0.25, 0.3) is 0 Å². The number of nitrogens with one attached hydrogen (secondary N) is 1. The lowest BCUT2D eigenvalue weighted by molar-refractivity contribution is -0.137. The van der Waals surface area contributed by atoms with E-state index in [0.29, 0.717) is 33.5 Å². The number of fused-ring (bicyclic) bond motifs is 2. The first-order chi connectivity index (χ1) is 14.8. The van der Waals surface area contributed by atoms with Gasteiger partial charge in [0.05, 0.1) is 11.3 Å². The molecule has 0 unspecified atom stereocenters. The Morgan fingerprint density at radius 1 is 0.839 bits per heavy atom. The second kappa shape index (κ2) is 6.91. The lowest BCUT2D eigenvalue weighted by Gasteiger charge is -2.14. The van der Waals surface area contributed by atoms with Gasteiger partial charge in [0, 0.05) is 45.6 Å². The van der Waals surface area contributed by atoms with Crippen molar-refractivity contribution in [2.75, 3.05) is 0 Å². The highest BCUT2D eigenvalue weighted by Crippen LogP contribution is 2.43. The Morgan fingerprint density at radius 3 is 2.29 bits per heavy atom. The molecule has 2 nitrogen and oxygen atoms in total. The molecule has 0 saturated heterocycles. The number of benzene rings is 3. The summed E-state index contributed by atoms with van der Waals surface area (Å²) < 4.78 is 68.7. The Labute approximate surface area is 173 Å². The number of hydrogen-bond acceptors (Lipinski definition) is 1. The summed E-state index contributed by atoms with van der Waals surface area (Å²) in [7, 11) is 0. The van der Waals surface area contributed by atoms with Crippen LogP contribution in [0, 0.1) is 11.6 Å². The monoisotopic (exact) mass is 424 g/mol. The number of H-pyrrole nitrogens is 1. The molecule has 31 heavy (non-hydrogen) atoms. The summed E-state index contributed by atoms with van der Waals surface area (Å²) in [5.41, 5.74) is 1.89. The number of hydrogen-bond donors (Lipinski definition) is 1. The summed E-state index contributed by atoms with van der Waals surface area (Å²) in [6, 6.07) is 13.5. The van der Waals surface area contributed by atoms with Gasteiger partial charge in [-0.1, -0.05) is 24.3 Å². The van der Waals surface area contributed by atoms with Crippen LogP contribution in [-0.4, -0.2) is 11.2 Å². The lowest BCUT2D eigenvalue weighted by atomic mass is 9.89. The highest BCUT2D eigenvalue weighted by atomic mass is 19.4. The second-order valence-electron chi connectivity index (χ2n) is 7.12. The molecule has 3 aromatic carbocycles. The number of halogens is 5. The molecule has 154 valence electrons. The second-order valence-corrected chi connectivity index (χ2v) is 7.12. The zero-order valence-electron chi connectivity index (χ0n) is 15.8. The molecule has 0 radical (unpaired) electrons. The first-order valence-electron chi connectivity index (χ1n) is 9.35. The standard InChI is InChI=1S/C24H13F5N2/c25-17-3-1-5-19-22(17)15(11-30-19)21(13-7-9-14(10-8-13)24(27,28)29)16-12-31-20-6-2-4-18(26)23(16)20/h1-12,30H/b21-16-. The number of aromatic amines is 1. The number of nitrogens with zero attached hydrogens (tertiary/aromatic N) is 1. The largest absolute Gasteiger partial charge is 0.416 e. The maximum Gasteiger partial charge on any atom is 0.416 e. The van der Waals surface area contributed by atoms with E-state index in [1.54, 1.807) is 24.4 Å². The van der Waals surface area contributed by atoms with E-state index < -0.39 is 23.4 Å². The smallest absolute Gasteiger partial charge is 0.360 e. The summed E-state index contributed by atoms with van der Waals surface area (Å²) in [5, 5.41) is 0.267. The molecule has 0 saturated carbocycles. The van der Waals surface area contributed by atoms with Gasteiger partial charge in [-0.3, -0.25) is 4.99 Å². The van der Waals surface area contributed by atoms with E-state index in [2.05, 4.69) is 9.98 Å². The third-order valence-electron chi connectivity index (χ3n) is 5.29. The van der Waals surface area contributed by atoms with Gasteiger partial charge in [0.1, 0.15) is 11.6 Å². The maximum absolute atomic E-state index is 14.7. The highest BCUT2D eigenvalue weighted by molar-refractivity contribution is 6.27. The van der Waals surface area contributed by atoms with E-state index >= 15 is 0 Å². The van der Waals surface area contributed by atoms with Crippen molar-refractivity contribution in [3.8, 4) is 0 Å². The van der Waals surface area contributed by atoms with Crippen LogP contribution in [0.4, 0.5) is 27.6 Å². The summed E-state index contributed by atoms with van der Waals surface area (Å²) in [4.78, 5) is 7.23. The summed E-state index contributed by atoms with van der Waals surface area (Å²) >= 11 is 0.